The maximum atomic E-state index is 12.8. The lowest BCUT2D eigenvalue weighted by atomic mass is 10.1. The quantitative estimate of drug-likeness (QED) is 0.631. The van der Waals surface area contributed by atoms with Crippen molar-refractivity contribution < 1.29 is 8.78 Å². The van der Waals surface area contributed by atoms with Crippen molar-refractivity contribution in [3.8, 4) is 0 Å². The predicted molar refractivity (Wildman–Crippen MR) is 43.4 cm³/mol. The van der Waals surface area contributed by atoms with E-state index in [0.717, 1.165) is 12.1 Å². The molecule has 12 heavy (non-hydrogen) atoms. The van der Waals surface area contributed by atoms with Crippen molar-refractivity contribution in [3.05, 3.63) is 29.3 Å². The summed E-state index contributed by atoms with van der Waals surface area (Å²) in [5.41, 5.74) is 11.0. The molecule has 66 valence electrons. The zero-order valence-corrected chi connectivity index (χ0v) is 6.64. The third-order valence-electron chi connectivity index (χ3n) is 1.62. The van der Waals surface area contributed by atoms with E-state index in [1.165, 1.54) is 0 Å². The molecule has 0 fully saturated rings. The van der Waals surface area contributed by atoms with Crippen molar-refractivity contribution >= 4 is 5.69 Å². The lowest BCUT2D eigenvalue weighted by Gasteiger charge is -2.09. The number of nitrogen functional groups attached to an aromatic ring is 1. The molecule has 0 amide bonds. The number of hydrogen-bond acceptors (Lipinski definition) is 2. The van der Waals surface area contributed by atoms with Crippen LogP contribution in [0.25, 0.3) is 0 Å². The average Bonchev–Trinajstić information content (AvgIpc) is 1.96. The Labute approximate surface area is 69.2 Å². The van der Waals surface area contributed by atoms with Crippen LogP contribution < -0.4 is 11.5 Å². The van der Waals surface area contributed by atoms with Crippen molar-refractivity contribution in [1.82, 2.24) is 0 Å². The minimum atomic E-state index is -0.762. The fraction of sp³-hybridized carbons (Fsp3) is 0.250. The molecule has 0 bridgehead atoms. The van der Waals surface area contributed by atoms with Crippen molar-refractivity contribution in [2.24, 2.45) is 5.73 Å². The van der Waals surface area contributed by atoms with Gasteiger partial charge >= 0.3 is 0 Å². The molecule has 1 atom stereocenters. The van der Waals surface area contributed by atoms with Crippen LogP contribution in [0.15, 0.2) is 12.1 Å². The van der Waals surface area contributed by atoms with Crippen LogP contribution in [0.2, 0.25) is 0 Å². The highest BCUT2D eigenvalue weighted by Gasteiger charge is 2.10. The summed E-state index contributed by atoms with van der Waals surface area (Å²) < 4.78 is 25.4. The Hall–Kier alpha value is -1.16. The molecule has 0 aliphatic heterocycles. The first-order chi connectivity index (χ1) is 5.52. The molecule has 2 nitrogen and oxygen atoms in total. The molecule has 1 aromatic rings. The van der Waals surface area contributed by atoms with E-state index in [1.54, 1.807) is 6.92 Å². The molecule has 0 radical (unpaired) electrons. The van der Waals surface area contributed by atoms with Crippen LogP contribution >= 0.6 is 0 Å². The van der Waals surface area contributed by atoms with E-state index in [1.807, 2.05) is 0 Å². The zero-order valence-electron chi connectivity index (χ0n) is 6.64. The van der Waals surface area contributed by atoms with Gasteiger partial charge in [0.25, 0.3) is 0 Å². The number of nitrogens with two attached hydrogens (primary N) is 2. The lowest BCUT2D eigenvalue weighted by Crippen LogP contribution is -2.10. The molecule has 0 aliphatic rings. The van der Waals surface area contributed by atoms with Gasteiger partial charge in [0.1, 0.15) is 11.6 Å². The fourth-order valence-electron chi connectivity index (χ4n) is 0.981. The second-order valence-electron chi connectivity index (χ2n) is 2.68. The summed E-state index contributed by atoms with van der Waals surface area (Å²) in [5.74, 6) is -1.42. The Morgan fingerprint density at radius 3 is 2.42 bits per heavy atom. The summed E-state index contributed by atoms with van der Waals surface area (Å²) in [7, 11) is 0. The van der Waals surface area contributed by atoms with Gasteiger partial charge in [-0.15, -0.1) is 0 Å². The highest BCUT2D eigenvalue weighted by molar-refractivity contribution is 5.49. The van der Waals surface area contributed by atoms with Gasteiger partial charge in [-0.05, 0) is 18.6 Å². The molecule has 0 saturated heterocycles. The summed E-state index contributed by atoms with van der Waals surface area (Å²) in [6.45, 7) is 1.62. The van der Waals surface area contributed by atoms with Gasteiger partial charge in [0.15, 0.2) is 0 Å². The van der Waals surface area contributed by atoms with E-state index in [0.29, 0.717) is 5.56 Å². The zero-order chi connectivity index (χ0) is 9.30. The third-order valence-corrected chi connectivity index (χ3v) is 1.62. The highest BCUT2D eigenvalue weighted by Crippen LogP contribution is 2.22. The SMILES string of the molecule is CC(N)c1cc(F)cc(F)c1N. The van der Waals surface area contributed by atoms with Gasteiger partial charge in [-0.25, -0.2) is 8.78 Å². The lowest BCUT2D eigenvalue weighted by molar-refractivity contribution is 0.579. The third kappa shape index (κ3) is 1.53. The molecule has 0 saturated carbocycles. The van der Waals surface area contributed by atoms with E-state index in [2.05, 4.69) is 0 Å². The Morgan fingerprint density at radius 2 is 1.92 bits per heavy atom. The highest BCUT2D eigenvalue weighted by atomic mass is 19.1. The minimum Gasteiger partial charge on any atom is -0.396 e. The Balaban J connectivity index is 3.28. The number of rotatable bonds is 1. The normalized spacial score (nSPS) is 13.0. The molecule has 0 aromatic heterocycles. The second-order valence-corrected chi connectivity index (χ2v) is 2.68. The largest absolute Gasteiger partial charge is 0.396 e. The van der Waals surface area contributed by atoms with Crippen LogP contribution in [0.5, 0.6) is 0 Å². The molecule has 0 aliphatic carbocycles. The standard InChI is InChI=1S/C8H10F2N2/c1-4(11)6-2-5(9)3-7(10)8(6)12/h2-4H,11-12H2,1H3. The average molecular weight is 172 g/mol. The van der Waals surface area contributed by atoms with Crippen molar-refractivity contribution in [2.75, 3.05) is 5.73 Å². The van der Waals surface area contributed by atoms with Gasteiger partial charge in [0, 0.05) is 12.1 Å². The van der Waals surface area contributed by atoms with Crippen LogP contribution in [0.1, 0.15) is 18.5 Å². The van der Waals surface area contributed by atoms with E-state index in [9.17, 15) is 8.78 Å². The molecule has 1 unspecified atom stereocenters. The van der Waals surface area contributed by atoms with Gasteiger partial charge in [-0.1, -0.05) is 0 Å². The molecule has 1 rings (SSSR count). The number of anilines is 1. The van der Waals surface area contributed by atoms with Crippen LogP contribution in [-0.4, -0.2) is 0 Å². The Kier molecular flexibility index (Phi) is 2.28. The topological polar surface area (TPSA) is 52.0 Å². The summed E-state index contributed by atoms with van der Waals surface area (Å²) >= 11 is 0. The van der Waals surface area contributed by atoms with Crippen LogP contribution in [-0.2, 0) is 0 Å². The van der Waals surface area contributed by atoms with Crippen molar-refractivity contribution in [1.29, 1.82) is 0 Å². The number of halogens is 2. The molecule has 0 heterocycles. The first-order valence-corrected chi connectivity index (χ1v) is 3.52. The molecule has 4 N–H and O–H groups in total. The first-order valence-electron chi connectivity index (χ1n) is 3.52. The minimum absolute atomic E-state index is 0.0774. The molecular weight excluding hydrogens is 162 g/mol. The monoisotopic (exact) mass is 172 g/mol. The molecule has 0 spiro atoms. The summed E-state index contributed by atoms with van der Waals surface area (Å²) in [6.07, 6.45) is 0. The predicted octanol–water partition coefficient (Wildman–Crippen LogP) is 1.57. The van der Waals surface area contributed by atoms with Crippen LogP contribution in [0.3, 0.4) is 0 Å². The van der Waals surface area contributed by atoms with Gasteiger partial charge in [0.2, 0.25) is 0 Å². The summed E-state index contributed by atoms with van der Waals surface area (Å²) in [5, 5.41) is 0. The summed E-state index contributed by atoms with van der Waals surface area (Å²) in [4.78, 5) is 0. The van der Waals surface area contributed by atoms with E-state index >= 15 is 0 Å². The number of hydrogen-bond donors (Lipinski definition) is 2. The van der Waals surface area contributed by atoms with Crippen molar-refractivity contribution in [2.45, 2.75) is 13.0 Å². The first kappa shape index (κ1) is 8.93. The van der Waals surface area contributed by atoms with Crippen LogP contribution in [0.4, 0.5) is 14.5 Å². The van der Waals surface area contributed by atoms with E-state index in [4.69, 9.17) is 11.5 Å². The van der Waals surface area contributed by atoms with Gasteiger partial charge in [-0.3, -0.25) is 0 Å². The summed E-state index contributed by atoms with van der Waals surface area (Å²) in [6, 6.07) is 1.42. The molecular formula is C8H10F2N2. The van der Waals surface area contributed by atoms with E-state index < -0.39 is 17.7 Å². The van der Waals surface area contributed by atoms with Crippen LogP contribution in [0, 0.1) is 11.6 Å². The maximum Gasteiger partial charge on any atom is 0.149 e. The number of benzene rings is 1. The smallest absolute Gasteiger partial charge is 0.149 e. The molecule has 1 aromatic carbocycles. The fourth-order valence-corrected chi connectivity index (χ4v) is 0.981. The van der Waals surface area contributed by atoms with E-state index in [-0.39, 0.29) is 5.69 Å². The molecule has 4 heteroatoms. The van der Waals surface area contributed by atoms with Crippen molar-refractivity contribution in [3.63, 3.8) is 0 Å². The Morgan fingerprint density at radius 1 is 1.33 bits per heavy atom. The van der Waals surface area contributed by atoms with Gasteiger partial charge < -0.3 is 11.5 Å². The Bertz CT molecular complexity index is 297. The second kappa shape index (κ2) is 3.06. The maximum absolute atomic E-state index is 12.8. The van der Waals surface area contributed by atoms with Gasteiger partial charge in [-0.2, -0.15) is 0 Å². The van der Waals surface area contributed by atoms with Gasteiger partial charge in [0.05, 0.1) is 5.69 Å².